The van der Waals surface area contributed by atoms with E-state index in [9.17, 15) is 0 Å². The summed E-state index contributed by atoms with van der Waals surface area (Å²) in [4.78, 5) is 8.56. The molecule has 0 spiro atoms. The van der Waals surface area contributed by atoms with Crippen molar-refractivity contribution in [3.05, 3.63) is 11.9 Å². The highest BCUT2D eigenvalue weighted by molar-refractivity contribution is 5.57. The molecule has 1 rings (SSSR count). The minimum atomic E-state index is 0.613. The molecular weight excluding hydrogens is 200 g/mol. The maximum absolute atomic E-state index is 4.32. The Morgan fingerprint density at radius 3 is 2.50 bits per heavy atom. The molecule has 16 heavy (non-hydrogen) atoms. The summed E-state index contributed by atoms with van der Waals surface area (Å²) in [5, 5.41) is 6.50. The smallest absolute Gasteiger partial charge is 0.134 e. The van der Waals surface area contributed by atoms with Crippen LogP contribution in [0.3, 0.4) is 0 Å². The molecule has 0 atom stereocenters. The Hall–Kier alpha value is -1.32. The first-order valence-electron chi connectivity index (χ1n) is 5.94. The molecule has 0 amide bonds. The van der Waals surface area contributed by atoms with Gasteiger partial charge in [-0.25, -0.2) is 9.97 Å². The molecule has 0 saturated carbocycles. The van der Waals surface area contributed by atoms with Gasteiger partial charge >= 0.3 is 0 Å². The fourth-order valence-corrected chi connectivity index (χ4v) is 1.57. The summed E-state index contributed by atoms with van der Waals surface area (Å²) in [5.41, 5.74) is 1.19. The summed E-state index contributed by atoms with van der Waals surface area (Å²) in [6, 6.07) is 0. The van der Waals surface area contributed by atoms with Crippen LogP contribution in [0.25, 0.3) is 0 Å². The highest BCUT2D eigenvalue weighted by atomic mass is 15.1. The fourth-order valence-electron chi connectivity index (χ4n) is 1.57. The summed E-state index contributed by atoms with van der Waals surface area (Å²) >= 11 is 0. The van der Waals surface area contributed by atoms with Gasteiger partial charge in [0.05, 0.1) is 0 Å². The minimum Gasteiger partial charge on any atom is -0.373 e. The van der Waals surface area contributed by atoms with E-state index in [0.717, 1.165) is 31.0 Å². The summed E-state index contributed by atoms with van der Waals surface area (Å²) in [5.74, 6) is 2.51. The van der Waals surface area contributed by atoms with Gasteiger partial charge in [0, 0.05) is 19.2 Å². The second kappa shape index (κ2) is 6.30. The number of rotatable bonds is 6. The van der Waals surface area contributed by atoms with Crippen LogP contribution in [0.2, 0.25) is 0 Å². The Kier molecular flexibility index (Phi) is 5.02. The first-order chi connectivity index (χ1) is 7.69. The van der Waals surface area contributed by atoms with Crippen LogP contribution in [0, 0.1) is 5.92 Å². The van der Waals surface area contributed by atoms with Gasteiger partial charge in [-0.05, 0) is 12.3 Å². The van der Waals surface area contributed by atoms with Gasteiger partial charge in [0.1, 0.15) is 18.0 Å². The Morgan fingerprint density at radius 1 is 1.25 bits per heavy atom. The topological polar surface area (TPSA) is 49.8 Å². The lowest BCUT2D eigenvalue weighted by atomic mass is 10.1. The number of nitrogens with zero attached hydrogens (tertiary/aromatic N) is 2. The van der Waals surface area contributed by atoms with Crippen molar-refractivity contribution < 1.29 is 0 Å². The third-order valence-electron chi connectivity index (χ3n) is 2.36. The van der Waals surface area contributed by atoms with E-state index in [-0.39, 0.29) is 0 Å². The van der Waals surface area contributed by atoms with Crippen LogP contribution in [0.1, 0.15) is 32.8 Å². The van der Waals surface area contributed by atoms with E-state index in [2.05, 4.69) is 41.4 Å². The van der Waals surface area contributed by atoms with Gasteiger partial charge in [-0.3, -0.25) is 0 Å². The van der Waals surface area contributed by atoms with Crippen molar-refractivity contribution in [3.63, 3.8) is 0 Å². The molecule has 0 saturated heterocycles. The number of hydrogen-bond donors (Lipinski definition) is 2. The zero-order valence-electron chi connectivity index (χ0n) is 10.7. The van der Waals surface area contributed by atoms with Crippen LogP contribution >= 0.6 is 0 Å². The SMILES string of the molecule is CCCc1c(NC)ncnc1NCC(C)C. The molecule has 0 aromatic carbocycles. The van der Waals surface area contributed by atoms with E-state index in [1.54, 1.807) is 6.33 Å². The van der Waals surface area contributed by atoms with E-state index >= 15 is 0 Å². The first kappa shape index (κ1) is 12.7. The highest BCUT2D eigenvalue weighted by Crippen LogP contribution is 2.21. The van der Waals surface area contributed by atoms with Crippen LogP contribution in [-0.2, 0) is 6.42 Å². The lowest BCUT2D eigenvalue weighted by Gasteiger charge is -2.14. The third kappa shape index (κ3) is 3.36. The molecule has 0 radical (unpaired) electrons. The molecule has 1 aromatic heterocycles. The molecule has 4 nitrogen and oxygen atoms in total. The molecule has 2 N–H and O–H groups in total. The van der Waals surface area contributed by atoms with Crippen LogP contribution in [0.15, 0.2) is 6.33 Å². The zero-order valence-corrected chi connectivity index (χ0v) is 10.7. The van der Waals surface area contributed by atoms with Crippen molar-refractivity contribution in [1.82, 2.24) is 9.97 Å². The van der Waals surface area contributed by atoms with Crippen LogP contribution in [0.4, 0.5) is 11.6 Å². The lowest BCUT2D eigenvalue weighted by Crippen LogP contribution is -2.13. The van der Waals surface area contributed by atoms with Gasteiger partial charge in [-0.1, -0.05) is 27.2 Å². The number of nitrogens with one attached hydrogen (secondary N) is 2. The van der Waals surface area contributed by atoms with Crippen molar-refractivity contribution in [3.8, 4) is 0 Å². The Labute approximate surface area is 97.9 Å². The normalized spacial score (nSPS) is 10.6. The molecule has 0 aliphatic carbocycles. The third-order valence-corrected chi connectivity index (χ3v) is 2.36. The van der Waals surface area contributed by atoms with Crippen molar-refractivity contribution in [2.75, 3.05) is 24.2 Å². The standard InChI is InChI=1S/C12H22N4/c1-5-6-10-11(13-4)15-8-16-12(10)14-7-9(2)3/h8-9H,5-7H2,1-4H3,(H2,13,14,15,16). The molecule has 0 aliphatic rings. The van der Waals surface area contributed by atoms with E-state index < -0.39 is 0 Å². The molecule has 0 bridgehead atoms. The number of aromatic nitrogens is 2. The highest BCUT2D eigenvalue weighted by Gasteiger charge is 2.09. The number of hydrogen-bond acceptors (Lipinski definition) is 4. The first-order valence-corrected chi connectivity index (χ1v) is 5.94. The molecule has 0 aliphatic heterocycles. The van der Waals surface area contributed by atoms with E-state index in [1.807, 2.05) is 7.05 Å². The molecule has 1 aromatic rings. The van der Waals surface area contributed by atoms with Crippen molar-refractivity contribution in [1.29, 1.82) is 0 Å². The summed E-state index contributed by atoms with van der Waals surface area (Å²) in [7, 11) is 1.90. The predicted molar refractivity (Wildman–Crippen MR) is 68.9 cm³/mol. The maximum atomic E-state index is 4.32. The van der Waals surface area contributed by atoms with Gasteiger partial charge in [0.25, 0.3) is 0 Å². The Bertz CT molecular complexity index is 323. The molecule has 0 fully saturated rings. The maximum Gasteiger partial charge on any atom is 0.134 e. The second-order valence-corrected chi connectivity index (χ2v) is 4.32. The fraction of sp³-hybridized carbons (Fsp3) is 0.667. The van der Waals surface area contributed by atoms with Crippen LogP contribution in [-0.4, -0.2) is 23.6 Å². The van der Waals surface area contributed by atoms with Gasteiger partial charge in [-0.15, -0.1) is 0 Å². The van der Waals surface area contributed by atoms with Crippen LogP contribution < -0.4 is 10.6 Å². The summed E-state index contributed by atoms with van der Waals surface area (Å²) in [6.07, 6.45) is 3.70. The van der Waals surface area contributed by atoms with Gasteiger partial charge in [0.15, 0.2) is 0 Å². The van der Waals surface area contributed by atoms with E-state index in [4.69, 9.17) is 0 Å². The van der Waals surface area contributed by atoms with Gasteiger partial charge < -0.3 is 10.6 Å². The number of anilines is 2. The largest absolute Gasteiger partial charge is 0.373 e. The van der Waals surface area contributed by atoms with E-state index in [0.29, 0.717) is 5.92 Å². The Balaban J connectivity index is 2.88. The minimum absolute atomic E-state index is 0.613. The molecule has 90 valence electrons. The van der Waals surface area contributed by atoms with Gasteiger partial charge in [-0.2, -0.15) is 0 Å². The average molecular weight is 222 g/mol. The average Bonchev–Trinajstić information content (AvgIpc) is 2.27. The molecule has 4 heteroatoms. The zero-order chi connectivity index (χ0) is 12.0. The Morgan fingerprint density at radius 2 is 1.94 bits per heavy atom. The van der Waals surface area contributed by atoms with Crippen molar-refractivity contribution >= 4 is 11.6 Å². The second-order valence-electron chi connectivity index (χ2n) is 4.32. The monoisotopic (exact) mass is 222 g/mol. The molecular formula is C12H22N4. The van der Waals surface area contributed by atoms with Crippen molar-refractivity contribution in [2.24, 2.45) is 5.92 Å². The summed E-state index contributed by atoms with van der Waals surface area (Å²) < 4.78 is 0. The molecule has 1 heterocycles. The lowest BCUT2D eigenvalue weighted by molar-refractivity contribution is 0.685. The predicted octanol–water partition coefficient (Wildman–Crippen LogP) is 2.54. The quantitative estimate of drug-likeness (QED) is 0.776. The molecule has 0 unspecified atom stereocenters. The van der Waals surface area contributed by atoms with E-state index in [1.165, 1.54) is 5.56 Å². The summed E-state index contributed by atoms with van der Waals surface area (Å²) in [6.45, 7) is 7.48. The van der Waals surface area contributed by atoms with Crippen LogP contribution in [0.5, 0.6) is 0 Å². The van der Waals surface area contributed by atoms with Crippen molar-refractivity contribution in [2.45, 2.75) is 33.6 Å². The van der Waals surface area contributed by atoms with Gasteiger partial charge in [0.2, 0.25) is 0 Å².